The maximum Gasteiger partial charge on any atom is 0.335 e. The molecule has 0 saturated heterocycles. The predicted molar refractivity (Wildman–Crippen MR) is 147 cm³/mol. The van der Waals surface area contributed by atoms with Crippen molar-refractivity contribution >= 4 is 40.2 Å². The normalized spacial score (nSPS) is 13.9. The first-order chi connectivity index (χ1) is 18.4. The Morgan fingerprint density at radius 3 is 2.29 bits per heavy atom. The van der Waals surface area contributed by atoms with Crippen LogP contribution in [-0.4, -0.2) is 40.8 Å². The number of amides is 1. The van der Waals surface area contributed by atoms with Gasteiger partial charge in [0.2, 0.25) is 0 Å². The molecule has 0 radical (unpaired) electrons. The second-order valence-corrected chi connectivity index (χ2v) is 9.73. The Morgan fingerprint density at radius 1 is 0.947 bits per heavy atom. The van der Waals surface area contributed by atoms with Crippen LogP contribution in [0.1, 0.15) is 58.9 Å². The number of carbonyl (C=O) groups is 2. The number of hydrogen-bond acceptors (Lipinski definition) is 5. The monoisotopic (exact) mass is 533 g/mol. The molecule has 1 aliphatic carbocycles. The zero-order valence-corrected chi connectivity index (χ0v) is 21.9. The maximum atomic E-state index is 13.1. The van der Waals surface area contributed by atoms with E-state index in [0.717, 1.165) is 42.6 Å². The summed E-state index contributed by atoms with van der Waals surface area (Å²) in [4.78, 5) is 29.4. The molecule has 1 fully saturated rings. The first-order valence-electron chi connectivity index (χ1n) is 12.5. The summed E-state index contributed by atoms with van der Waals surface area (Å²) in [6.45, 7) is 0. The molecule has 0 bridgehead atoms. The van der Waals surface area contributed by atoms with Crippen molar-refractivity contribution in [2.45, 2.75) is 38.1 Å². The Bertz CT molecular complexity index is 1510. The number of nitrogens with zero attached hydrogens (tertiary/aromatic N) is 2. The van der Waals surface area contributed by atoms with Crippen molar-refractivity contribution in [3.05, 3.63) is 70.7 Å². The molecule has 3 aromatic carbocycles. The van der Waals surface area contributed by atoms with Crippen LogP contribution in [0.4, 0.5) is 5.69 Å². The fourth-order valence-electron chi connectivity index (χ4n) is 5.07. The molecule has 4 aromatic rings. The molecule has 0 atom stereocenters. The Kier molecular flexibility index (Phi) is 7.24. The number of carbonyl (C=O) groups excluding carboxylic acids is 1. The van der Waals surface area contributed by atoms with Gasteiger partial charge in [-0.05, 0) is 43.2 Å². The van der Waals surface area contributed by atoms with Crippen molar-refractivity contribution < 1.29 is 24.2 Å². The molecule has 9 heteroatoms. The molecular formula is C29H28ClN3O5. The molecule has 1 heterocycles. The number of halogens is 1. The van der Waals surface area contributed by atoms with Gasteiger partial charge in [-0.15, -0.1) is 0 Å². The third kappa shape index (κ3) is 4.91. The summed E-state index contributed by atoms with van der Waals surface area (Å²) in [6, 6.07) is 15.8. The van der Waals surface area contributed by atoms with Crippen molar-refractivity contribution in [1.29, 1.82) is 0 Å². The first-order valence-corrected chi connectivity index (χ1v) is 12.9. The third-order valence-corrected chi connectivity index (χ3v) is 7.30. The van der Waals surface area contributed by atoms with Crippen LogP contribution >= 0.6 is 11.6 Å². The number of hydrogen-bond donors (Lipinski definition) is 2. The van der Waals surface area contributed by atoms with E-state index in [-0.39, 0.29) is 17.5 Å². The zero-order valence-electron chi connectivity index (χ0n) is 21.2. The van der Waals surface area contributed by atoms with E-state index in [9.17, 15) is 14.7 Å². The van der Waals surface area contributed by atoms with Gasteiger partial charge in [-0.25, -0.2) is 9.78 Å². The van der Waals surface area contributed by atoms with Gasteiger partial charge in [0.15, 0.2) is 0 Å². The lowest BCUT2D eigenvalue weighted by atomic mass is 9.94. The van der Waals surface area contributed by atoms with E-state index in [4.69, 9.17) is 26.1 Å². The molecule has 5 rings (SSSR count). The zero-order chi connectivity index (χ0) is 26.8. The highest BCUT2D eigenvalue weighted by Crippen LogP contribution is 2.37. The van der Waals surface area contributed by atoms with Gasteiger partial charge in [0, 0.05) is 29.3 Å². The van der Waals surface area contributed by atoms with E-state index >= 15 is 0 Å². The lowest BCUT2D eigenvalue weighted by molar-refractivity contribution is 0.0696. The largest absolute Gasteiger partial charge is 0.495 e. The fraction of sp³-hybridized carbons (Fsp3) is 0.276. The summed E-state index contributed by atoms with van der Waals surface area (Å²) >= 11 is 6.18. The van der Waals surface area contributed by atoms with Crippen LogP contribution in [-0.2, 0) is 0 Å². The molecule has 1 amide bonds. The molecule has 196 valence electrons. The average Bonchev–Trinajstić information content (AvgIpc) is 3.33. The Balaban J connectivity index is 1.48. The molecule has 0 spiro atoms. The topological polar surface area (TPSA) is 103 Å². The number of aromatic carboxylic acids is 1. The number of fused-ring (bicyclic) bond motifs is 1. The Morgan fingerprint density at radius 2 is 1.63 bits per heavy atom. The summed E-state index contributed by atoms with van der Waals surface area (Å²) in [5, 5.41) is 12.7. The highest BCUT2D eigenvalue weighted by atomic mass is 35.5. The summed E-state index contributed by atoms with van der Waals surface area (Å²) < 4.78 is 12.9. The summed E-state index contributed by atoms with van der Waals surface area (Å²) in [5.74, 6) is 0.316. The van der Waals surface area contributed by atoms with Crippen LogP contribution in [0.3, 0.4) is 0 Å². The second-order valence-electron chi connectivity index (χ2n) is 9.32. The van der Waals surface area contributed by atoms with Crippen molar-refractivity contribution in [1.82, 2.24) is 9.55 Å². The minimum absolute atomic E-state index is 0.207. The SMILES string of the molecule is COc1cc(NC(=O)c2ccc(-c3nc4cc(C(=O)O)ccc4n3C3CCCCC3)cc2)c(OC)cc1Cl. The van der Waals surface area contributed by atoms with Crippen LogP contribution in [0, 0.1) is 0 Å². The number of imidazole rings is 1. The van der Waals surface area contributed by atoms with Gasteiger partial charge in [-0.2, -0.15) is 0 Å². The number of aromatic nitrogens is 2. The van der Waals surface area contributed by atoms with Gasteiger partial charge in [-0.3, -0.25) is 4.79 Å². The predicted octanol–water partition coefficient (Wildman–Crippen LogP) is 6.83. The van der Waals surface area contributed by atoms with Crippen LogP contribution in [0.5, 0.6) is 11.5 Å². The van der Waals surface area contributed by atoms with Gasteiger partial charge >= 0.3 is 5.97 Å². The van der Waals surface area contributed by atoms with Crippen LogP contribution in [0.2, 0.25) is 5.02 Å². The van der Waals surface area contributed by atoms with Gasteiger partial charge in [0.1, 0.15) is 17.3 Å². The molecule has 1 aromatic heterocycles. The quantitative estimate of drug-likeness (QED) is 0.270. The van der Waals surface area contributed by atoms with E-state index in [0.29, 0.717) is 33.3 Å². The van der Waals surface area contributed by atoms with Crippen LogP contribution < -0.4 is 14.8 Å². The van der Waals surface area contributed by atoms with E-state index in [1.165, 1.54) is 20.6 Å². The second kappa shape index (κ2) is 10.8. The number of benzene rings is 3. The van der Waals surface area contributed by atoms with Crippen molar-refractivity contribution in [3.63, 3.8) is 0 Å². The molecule has 1 saturated carbocycles. The number of anilines is 1. The third-order valence-electron chi connectivity index (χ3n) is 7.00. The highest BCUT2D eigenvalue weighted by Gasteiger charge is 2.23. The van der Waals surface area contributed by atoms with Gasteiger partial charge in [-0.1, -0.05) is 43.0 Å². The first kappa shape index (κ1) is 25.6. The van der Waals surface area contributed by atoms with Crippen LogP contribution in [0.15, 0.2) is 54.6 Å². The van der Waals surface area contributed by atoms with E-state index in [1.807, 2.05) is 18.2 Å². The molecule has 2 N–H and O–H groups in total. The molecular weight excluding hydrogens is 506 g/mol. The summed E-state index contributed by atoms with van der Waals surface area (Å²) in [5.41, 5.74) is 3.53. The average molecular weight is 534 g/mol. The number of ether oxygens (including phenoxy) is 2. The van der Waals surface area contributed by atoms with E-state index in [2.05, 4.69) is 9.88 Å². The fourth-order valence-corrected chi connectivity index (χ4v) is 5.30. The number of methoxy groups -OCH3 is 2. The lowest BCUT2D eigenvalue weighted by Gasteiger charge is -2.25. The number of carboxylic acids is 1. The molecule has 8 nitrogen and oxygen atoms in total. The van der Waals surface area contributed by atoms with Crippen molar-refractivity contribution in [2.24, 2.45) is 0 Å². The molecule has 0 aliphatic heterocycles. The smallest absolute Gasteiger partial charge is 0.335 e. The standard InChI is InChI=1S/C29H28ClN3O5/c1-37-25-16-23(26(38-2)15-21(25)30)32-28(34)18-10-8-17(9-11-18)27-31-22-14-19(29(35)36)12-13-24(22)33(27)20-6-4-3-5-7-20/h8-16,20H,3-7H2,1-2H3,(H,32,34)(H,35,36). The summed E-state index contributed by atoms with van der Waals surface area (Å²) in [6.07, 6.45) is 5.61. The number of rotatable bonds is 7. The molecule has 38 heavy (non-hydrogen) atoms. The van der Waals surface area contributed by atoms with E-state index in [1.54, 1.807) is 36.4 Å². The van der Waals surface area contributed by atoms with Crippen molar-refractivity contribution in [2.75, 3.05) is 19.5 Å². The number of carboxylic acid groups (broad SMARTS) is 1. The van der Waals surface area contributed by atoms with Crippen LogP contribution in [0.25, 0.3) is 22.4 Å². The Hall–Kier alpha value is -4.04. The van der Waals surface area contributed by atoms with E-state index < -0.39 is 5.97 Å². The summed E-state index contributed by atoms with van der Waals surface area (Å²) in [7, 11) is 3.00. The Labute approximate surface area is 225 Å². The van der Waals surface area contributed by atoms with Gasteiger partial charge in [0.25, 0.3) is 5.91 Å². The highest BCUT2D eigenvalue weighted by molar-refractivity contribution is 6.32. The minimum atomic E-state index is -0.981. The van der Waals surface area contributed by atoms with Gasteiger partial charge in [0.05, 0.1) is 41.5 Å². The molecule has 0 unspecified atom stereocenters. The van der Waals surface area contributed by atoms with Gasteiger partial charge < -0.3 is 24.5 Å². The number of nitrogens with one attached hydrogen (secondary N) is 1. The minimum Gasteiger partial charge on any atom is -0.495 e. The van der Waals surface area contributed by atoms with Crippen molar-refractivity contribution in [3.8, 4) is 22.9 Å². The molecule has 1 aliphatic rings. The lowest BCUT2D eigenvalue weighted by Crippen LogP contribution is -2.14. The maximum absolute atomic E-state index is 13.1.